The molecule has 4 aromatic heterocycles. The molecule has 6 rings (SSSR count). The lowest BCUT2D eigenvalue weighted by Gasteiger charge is -2.19. The molecule has 4 aromatic rings. The molecule has 0 radical (unpaired) electrons. The number of nitrogens with two attached hydrogens (primary N) is 1. The summed E-state index contributed by atoms with van der Waals surface area (Å²) < 4.78 is 4.12. The molecule has 0 saturated heterocycles. The van der Waals surface area contributed by atoms with E-state index in [4.69, 9.17) is 5.73 Å². The van der Waals surface area contributed by atoms with Gasteiger partial charge < -0.3 is 24.9 Å². The Morgan fingerprint density at radius 2 is 1.94 bits per heavy atom. The average molecular weight is 419 g/mol. The molecule has 31 heavy (non-hydrogen) atoms. The topological polar surface area (TPSA) is 114 Å². The zero-order chi connectivity index (χ0) is 21.1. The molecule has 4 heterocycles. The van der Waals surface area contributed by atoms with Crippen LogP contribution in [0.15, 0.2) is 43.1 Å². The van der Waals surface area contributed by atoms with Crippen LogP contribution >= 0.6 is 0 Å². The second-order valence-electron chi connectivity index (χ2n) is 9.02. The van der Waals surface area contributed by atoms with Crippen molar-refractivity contribution in [3.63, 3.8) is 0 Å². The number of aliphatic hydroxyl groups is 2. The lowest BCUT2D eigenvalue weighted by Crippen LogP contribution is -2.29. The van der Waals surface area contributed by atoms with Gasteiger partial charge in [-0.3, -0.25) is 0 Å². The molecular weight excluding hydrogens is 392 g/mol. The summed E-state index contributed by atoms with van der Waals surface area (Å²) in [7, 11) is 0. The number of rotatable bonds is 5. The molecule has 160 valence electrons. The van der Waals surface area contributed by atoms with Crippen LogP contribution < -0.4 is 5.73 Å². The Kier molecular flexibility index (Phi) is 4.26. The van der Waals surface area contributed by atoms with E-state index in [0.29, 0.717) is 23.8 Å². The predicted octanol–water partition coefficient (Wildman–Crippen LogP) is 2.45. The quantitative estimate of drug-likeness (QED) is 0.459. The van der Waals surface area contributed by atoms with E-state index in [9.17, 15) is 10.2 Å². The van der Waals surface area contributed by atoms with Crippen molar-refractivity contribution in [3.05, 3.63) is 54.4 Å². The van der Waals surface area contributed by atoms with E-state index in [0.717, 1.165) is 23.9 Å². The number of hydrogen-bond donors (Lipinski definition) is 3. The van der Waals surface area contributed by atoms with Crippen LogP contribution in [0, 0.1) is 5.92 Å². The van der Waals surface area contributed by atoms with Crippen molar-refractivity contribution in [2.45, 2.75) is 56.3 Å². The highest BCUT2D eigenvalue weighted by Crippen LogP contribution is 2.41. The van der Waals surface area contributed by atoms with Crippen LogP contribution in [0.5, 0.6) is 0 Å². The van der Waals surface area contributed by atoms with Gasteiger partial charge in [0.15, 0.2) is 0 Å². The Morgan fingerprint density at radius 1 is 1.06 bits per heavy atom. The summed E-state index contributed by atoms with van der Waals surface area (Å²) in [5.41, 5.74) is 10.1. The van der Waals surface area contributed by atoms with Gasteiger partial charge in [0.2, 0.25) is 0 Å². The molecule has 8 nitrogen and oxygen atoms in total. The summed E-state index contributed by atoms with van der Waals surface area (Å²) in [4.78, 5) is 12.9. The summed E-state index contributed by atoms with van der Waals surface area (Å²) in [5.74, 6) is 1.10. The van der Waals surface area contributed by atoms with Crippen molar-refractivity contribution in [2.75, 3.05) is 5.73 Å². The van der Waals surface area contributed by atoms with Gasteiger partial charge in [0.05, 0.1) is 17.5 Å². The first-order valence-electron chi connectivity index (χ1n) is 11.0. The summed E-state index contributed by atoms with van der Waals surface area (Å²) in [6.45, 7) is 0. The van der Waals surface area contributed by atoms with E-state index in [2.05, 4.69) is 37.7 Å². The van der Waals surface area contributed by atoms with E-state index >= 15 is 0 Å². The first kappa shape index (κ1) is 18.8. The van der Waals surface area contributed by atoms with Gasteiger partial charge in [-0.1, -0.05) is 0 Å². The SMILES string of the molecule is Nc1ncnc2c1ccn2[C@@H]1C[C@H](CCc2ccn3c(C4CC4)cnc3c2)[C@@H](O)[C@H]1O. The van der Waals surface area contributed by atoms with Crippen LogP contribution in [0.2, 0.25) is 0 Å². The van der Waals surface area contributed by atoms with Crippen molar-refractivity contribution in [2.24, 2.45) is 5.92 Å². The Labute approximate surface area is 179 Å². The minimum Gasteiger partial charge on any atom is -0.390 e. The number of fused-ring (bicyclic) bond motifs is 2. The highest BCUT2D eigenvalue weighted by molar-refractivity contribution is 5.86. The van der Waals surface area contributed by atoms with Crippen LogP contribution in [0.3, 0.4) is 0 Å². The van der Waals surface area contributed by atoms with Gasteiger partial charge in [-0.2, -0.15) is 0 Å². The zero-order valence-electron chi connectivity index (χ0n) is 17.2. The van der Waals surface area contributed by atoms with Crippen molar-refractivity contribution in [1.82, 2.24) is 23.9 Å². The first-order valence-corrected chi connectivity index (χ1v) is 11.0. The maximum atomic E-state index is 10.8. The third kappa shape index (κ3) is 3.09. The standard InChI is InChI=1S/C23H26N6O2/c24-22-16-6-8-29(23(16)27-12-26-22)17-10-15(20(30)21(17)31)2-1-13-5-7-28-18(14-3-4-14)11-25-19(28)9-13/h5-9,11-12,14-15,17,20-21,30-31H,1-4,10H2,(H2,24,26,27)/t15-,17+,20+,21-/m0/s1. The average Bonchev–Trinajstić information content (AvgIpc) is 3.28. The van der Waals surface area contributed by atoms with Crippen LogP contribution in [0.1, 0.15) is 48.9 Å². The highest BCUT2D eigenvalue weighted by Gasteiger charge is 2.42. The molecule has 0 bridgehead atoms. The number of hydrogen-bond acceptors (Lipinski definition) is 6. The lowest BCUT2D eigenvalue weighted by molar-refractivity contribution is 0.00545. The molecule has 2 fully saturated rings. The lowest BCUT2D eigenvalue weighted by atomic mass is 9.96. The van der Waals surface area contributed by atoms with E-state index in [1.54, 1.807) is 0 Å². The number of aromatic nitrogens is 5. The molecule has 0 amide bonds. The largest absolute Gasteiger partial charge is 0.390 e. The van der Waals surface area contributed by atoms with Crippen LogP contribution in [0.25, 0.3) is 16.7 Å². The summed E-state index contributed by atoms with van der Waals surface area (Å²) in [6, 6.07) is 5.92. The van der Waals surface area contributed by atoms with Crippen molar-refractivity contribution >= 4 is 22.5 Å². The van der Waals surface area contributed by atoms with Gasteiger partial charge in [0.25, 0.3) is 0 Å². The molecule has 8 heteroatoms. The molecule has 0 aliphatic heterocycles. The fourth-order valence-electron chi connectivity index (χ4n) is 5.15. The molecule has 2 aliphatic carbocycles. The third-order valence-corrected chi connectivity index (χ3v) is 7.07. The van der Waals surface area contributed by atoms with Gasteiger partial charge in [0, 0.05) is 30.2 Å². The normalized spacial score (nSPS) is 26.3. The summed E-state index contributed by atoms with van der Waals surface area (Å²) in [6.07, 6.45) is 10.7. The monoisotopic (exact) mass is 418 g/mol. The van der Waals surface area contributed by atoms with E-state index < -0.39 is 12.2 Å². The Balaban J connectivity index is 1.19. The van der Waals surface area contributed by atoms with Gasteiger partial charge in [-0.25, -0.2) is 15.0 Å². The number of imidazole rings is 1. The third-order valence-electron chi connectivity index (χ3n) is 7.07. The summed E-state index contributed by atoms with van der Waals surface area (Å²) in [5, 5.41) is 22.3. The van der Waals surface area contributed by atoms with Crippen molar-refractivity contribution < 1.29 is 10.2 Å². The molecule has 4 N–H and O–H groups in total. The number of anilines is 1. The van der Waals surface area contributed by atoms with E-state index in [1.165, 1.54) is 30.4 Å². The fraction of sp³-hybridized carbons (Fsp3) is 0.435. The molecule has 2 saturated carbocycles. The molecule has 2 aliphatic rings. The molecule has 0 spiro atoms. The van der Waals surface area contributed by atoms with Crippen LogP contribution in [0.4, 0.5) is 5.82 Å². The fourth-order valence-corrected chi connectivity index (χ4v) is 5.15. The van der Waals surface area contributed by atoms with E-state index in [-0.39, 0.29) is 12.0 Å². The van der Waals surface area contributed by atoms with Gasteiger partial charge in [-0.05, 0) is 61.8 Å². The van der Waals surface area contributed by atoms with Crippen LogP contribution in [-0.2, 0) is 6.42 Å². The molecule has 0 aromatic carbocycles. The Hall–Kier alpha value is -2.97. The van der Waals surface area contributed by atoms with Crippen molar-refractivity contribution in [3.8, 4) is 0 Å². The van der Waals surface area contributed by atoms with Gasteiger partial charge in [0.1, 0.15) is 29.5 Å². The molecular formula is C23H26N6O2. The summed E-state index contributed by atoms with van der Waals surface area (Å²) >= 11 is 0. The predicted molar refractivity (Wildman–Crippen MR) is 117 cm³/mol. The van der Waals surface area contributed by atoms with Crippen molar-refractivity contribution in [1.29, 1.82) is 0 Å². The maximum Gasteiger partial charge on any atom is 0.145 e. The van der Waals surface area contributed by atoms with Gasteiger partial charge in [-0.15, -0.1) is 0 Å². The number of aryl methyl sites for hydroxylation is 1. The maximum absolute atomic E-state index is 10.8. The van der Waals surface area contributed by atoms with Crippen LogP contribution in [-0.4, -0.2) is 46.3 Å². The second kappa shape index (κ2) is 7.03. The Morgan fingerprint density at radius 3 is 2.77 bits per heavy atom. The molecule has 0 unspecified atom stereocenters. The minimum atomic E-state index is -0.840. The Bertz CT molecular complexity index is 1260. The first-order chi connectivity index (χ1) is 15.1. The number of nitrogens with zero attached hydrogens (tertiary/aromatic N) is 5. The second-order valence-corrected chi connectivity index (χ2v) is 9.02. The zero-order valence-corrected chi connectivity index (χ0v) is 17.2. The minimum absolute atomic E-state index is 0.00892. The smallest absolute Gasteiger partial charge is 0.145 e. The highest BCUT2D eigenvalue weighted by atomic mass is 16.3. The van der Waals surface area contributed by atoms with Gasteiger partial charge >= 0.3 is 0 Å². The number of aliphatic hydroxyl groups excluding tert-OH is 2. The number of nitrogen functional groups attached to an aromatic ring is 1. The molecule has 4 atom stereocenters. The van der Waals surface area contributed by atoms with E-state index in [1.807, 2.05) is 23.0 Å². The number of pyridine rings is 1.